The second-order valence-electron chi connectivity index (χ2n) is 8.66. The fourth-order valence-corrected chi connectivity index (χ4v) is 5.75. The molecule has 4 heteroatoms. The lowest BCUT2D eigenvalue weighted by Crippen LogP contribution is -2.45. The predicted octanol–water partition coefficient (Wildman–Crippen LogP) is 5.95. The molecule has 0 spiro atoms. The number of benzene rings is 1. The molecule has 3 aliphatic rings. The summed E-state index contributed by atoms with van der Waals surface area (Å²) < 4.78 is 11.0. The monoisotopic (exact) mass is 401 g/mol. The number of ether oxygens (including phenoxy) is 2. The molecule has 0 amide bonds. The minimum absolute atomic E-state index is 0.615. The van der Waals surface area contributed by atoms with Crippen LogP contribution in [0.2, 0.25) is 5.02 Å². The van der Waals surface area contributed by atoms with Crippen molar-refractivity contribution in [3.63, 3.8) is 0 Å². The number of fused-ring (bicyclic) bond motifs is 2. The molecular formula is C24H32ClNO2. The van der Waals surface area contributed by atoms with E-state index in [1.165, 1.54) is 48.9 Å². The fraction of sp³-hybridized carbons (Fsp3) is 0.583. The van der Waals surface area contributed by atoms with Crippen molar-refractivity contribution >= 4 is 11.6 Å². The normalized spacial score (nSPS) is 30.4. The Morgan fingerprint density at radius 1 is 1.07 bits per heavy atom. The van der Waals surface area contributed by atoms with Crippen LogP contribution in [0.1, 0.15) is 57.4 Å². The van der Waals surface area contributed by atoms with E-state index in [-0.39, 0.29) is 0 Å². The number of nitrogens with zero attached hydrogens (tertiary/aromatic N) is 1. The van der Waals surface area contributed by atoms with Gasteiger partial charge in [-0.15, -0.1) is 0 Å². The maximum atomic E-state index is 6.23. The number of hydrogen-bond donors (Lipinski definition) is 0. The van der Waals surface area contributed by atoms with Crippen molar-refractivity contribution in [2.45, 2.75) is 64.0 Å². The third-order valence-corrected chi connectivity index (χ3v) is 7.66. The molecule has 0 aromatic heterocycles. The van der Waals surface area contributed by atoms with Crippen LogP contribution in [-0.2, 0) is 4.74 Å². The second-order valence-corrected chi connectivity index (χ2v) is 9.06. The van der Waals surface area contributed by atoms with E-state index >= 15 is 0 Å². The smallest absolute Gasteiger partial charge is 0.137 e. The van der Waals surface area contributed by atoms with Gasteiger partial charge in [0.25, 0.3) is 0 Å². The summed E-state index contributed by atoms with van der Waals surface area (Å²) in [5.41, 5.74) is 4.22. The van der Waals surface area contributed by atoms with Gasteiger partial charge in [0.05, 0.1) is 19.2 Å². The highest BCUT2D eigenvalue weighted by molar-refractivity contribution is 6.32. The molecule has 3 unspecified atom stereocenters. The van der Waals surface area contributed by atoms with E-state index < -0.39 is 0 Å². The first-order valence-electron chi connectivity index (χ1n) is 10.5. The topological polar surface area (TPSA) is 21.7 Å². The summed E-state index contributed by atoms with van der Waals surface area (Å²) >= 11 is 6.23. The summed E-state index contributed by atoms with van der Waals surface area (Å²) in [4.78, 5) is 2.82. The van der Waals surface area contributed by atoms with E-state index in [2.05, 4.69) is 37.0 Å². The van der Waals surface area contributed by atoms with Gasteiger partial charge in [0.15, 0.2) is 0 Å². The molecule has 2 heterocycles. The Morgan fingerprint density at radius 2 is 1.79 bits per heavy atom. The van der Waals surface area contributed by atoms with Crippen LogP contribution in [0.15, 0.2) is 41.2 Å². The van der Waals surface area contributed by atoms with Crippen molar-refractivity contribution < 1.29 is 9.47 Å². The number of rotatable bonds is 5. The van der Waals surface area contributed by atoms with Crippen molar-refractivity contribution in [1.82, 2.24) is 4.90 Å². The van der Waals surface area contributed by atoms with E-state index in [0.29, 0.717) is 28.9 Å². The molecule has 0 N–H and O–H groups in total. The van der Waals surface area contributed by atoms with Crippen LogP contribution >= 0.6 is 11.6 Å². The number of halogens is 1. The number of piperidine rings is 1. The first kappa shape index (κ1) is 19.8. The maximum Gasteiger partial charge on any atom is 0.137 e. The molecule has 2 aliphatic heterocycles. The van der Waals surface area contributed by atoms with Crippen molar-refractivity contribution in [3.8, 4) is 5.75 Å². The minimum atomic E-state index is 0.615. The summed E-state index contributed by atoms with van der Waals surface area (Å²) in [5.74, 6) is 3.10. The fourth-order valence-electron chi connectivity index (χ4n) is 5.56. The quantitative estimate of drug-likeness (QED) is 0.608. The zero-order valence-corrected chi connectivity index (χ0v) is 18.3. The zero-order chi connectivity index (χ0) is 19.8. The van der Waals surface area contributed by atoms with Gasteiger partial charge in [0.1, 0.15) is 11.5 Å². The van der Waals surface area contributed by atoms with Crippen molar-refractivity contribution in [3.05, 3.63) is 51.8 Å². The predicted molar refractivity (Wildman–Crippen MR) is 115 cm³/mol. The van der Waals surface area contributed by atoms with Crippen LogP contribution in [0.3, 0.4) is 0 Å². The third-order valence-electron chi connectivity index (χ3n) is 7.34. The molecule has 1 aliphatic carbocycles. The highest BCUT2D eigenvalue weighted by Crippen LogP contribution is 2.45. The van der Waals surface area contributed by atoms with Crippen LogP contribution in [0.25, 0.3) is 0 Å². The molecule has 2 bridgehead atoms. The summed E-state index contributed by atoms with van der Waals surface area (Å²) in [6, 6.07) is 7.73. The molecule has 2 saturated heterocycles. The van der Waals surface area contributed by atoms with E-state index in [0.717, 1.165) is 17.9 Å². The van der Waals surface area contributed by atoms with E-state index in [1.54, 1.807) is 14.2 Å². The lowest BCUT2D eigenvalue weighted by Gasteiger charge is -2.41. The SMILES string of the molecule is COC1=CCC(CN2C3CCC2CC(c2ccc(Cl)c(OC)c2)C3)C(C)=C1C. The molecular weight excluding hydrogens is 370 g/mol. The first-order valence-corrected chi connectivity index (χ1v) is 10.9. The first-order chi connectivity index (χ1) is 13.5. The highest BCUT2D eigenvalue weighted by Gasteiger charge is 2.42. The summed E-state index contributed by atoms with van der Waals surface area (Å²) in [6.45, 7) is 5.68. The van der Waals surface area contributed by atoms with Crippen molar-refractivity contribution in [1.29, 1.82) is 0 Å². The molecule has 152 valence electrons. The van der Waals surface area contributed by atoms with Gasteiger partial charge in [-0.3, -0.25) is 4.90 Å². The summed E-state index contributed by atoms with van der Waals surface area (Å²) in [7, 11) is 3.47. The Balaban J connectivity index is 1.46. The Kier molecular flexibility index (Phi) is 5.76. The van der Waals surface area contributed by atoms with Gasteiger partial charge in [0, 0.05) is 18.6 Å². The van der Waals surface area contributed by atoms with Crippen LogP contribution in [0.4, 0.5) is 0 Å². The molecule has 4 rings (SSSR count). The second kappa shape index (κ2) is 8.12. The summed E-state index contributed by atoms with van der Waals surface area (Å²) in [6.07, 6.45) is 8.53. The lowest BCUT2D eigenvalue weighted by atomic mass is 9.82. The molecule has 0 radical (unpaired) electrons. The third kappa shape index (κ3) is 3.59. The summed E-state index contributed by atoms with van der Waals surface area (Å²) in [5, 5.41) is 0.699. The largest absolute Gasteiger partial charge is 0.497 e. The molecule has 3 atom stereocenters. The molecule has 3 nitrogen and oxygen atoms in total. The molecule has 1 aromatic carbocycles. The Labute approximate surface area is 174 Å². The number of methoxy groups -OCH3 is 2. The van der Waals surface area contributed by atoms with E-state index in [1.807, 2.05) is 6.07 Å². The lowest BCUT2D eigenvalue weighted by molar-refractivity contribution is 0.111. The average molecular weight is 402 g/mol. The van der Waals surface area contributed by atoms with Crippen LogP contribution in [0.5, 0.6) is 5.75 Å². The van der Waals surface area contributed by atoms with Gasteiger partial charge < -0.3 is 9.47 Å². The van der Waals surface area contributed by atoms with E-state index in [4.69, 9.17) is 21.1 Å². The van der Waals surface area contributed by atoms with Crippen LogP contribution < -0.4 is 4.74 Å². The highest BCUT2D eigenvalue weighted by atomic mass is 35.5. The Hall–Kier alpha value is -1.45. The van der Waals surface area contributed by atoms with Gasteiger partial charge in [-0.25, -0.2) is 0 Å². The average Bonchev–Trinajstić information content (AvgIpc) is 2.93. The number of allylic oxidation sites excluding steroid dienone is 2. The molecule has 0 saturated carbocycles. The maximum absolute atomic E-state index is 6.23. The Bertz CT molecular complexity index is 786. The van der Waals surface area contributed by atoms with Crippen LogP contribution in [0, 0.1) is 5.92 Å². The van der Waals surface area contributed by atoms with Gasteiger partial charge in [-0.2, -0.15) is 0 Å². The van der Waals surface area contributed by atoms with Gasteiger partial charge in [-0.1, -0.05) is 23.2 Å². The minimum Gasteiger partial charge on any atom is -0.497 e. The van der Waals surface area contributed by atoms with Gasteiger partial charge in [-0.05, 0) is 87.1 Å². The van der Waals surface area contributed by atoms with Crippen molar-refractivity contribution in [2.75, 3.05) is 20.8 Å². The standard InChI is InChI=1S/C24H32ClNO2/c1-15-16(2)23(27-3)10-6-18(15)14-26-20-7-8-21(26)12-19(11-20)17-5-9-22(25)24(13-17)28-4/h5,9-10,13,18-21H,6-8,11-12,14H2,1-4H3. The molecule has 28 heavy (non-hydrogen) atoms. The molecule has 1 aromatic rings. The van der Waals surface area contributed by atoms with E-state index in [9.17, 15) is 0 Å². The molecule has 2 fully saturated rings. The van der Waals surface area contributed by atoms with Crippen LogP contribution in [-0.4, -0.2) is 37.7 Å². The van der Waals surface area contributed by atoms with Crippen molar-refractivity contribution in [2.24, 2.45) is 5.92 Å². The van der Waals surface area contributed by atoms with Gasteiger partial charge >= 0.3 is 0 Å². The van der Waals surface area contributed by atoms with Gasteiger partial charge in [0.2, 0.25) is 0 Å². The Morgan fingerprint density at radius 3 is 2.43 bits per heavy atom. The zero-order valence-electron chi connectivity index (χ0n) is 17.5. The number of hydrogen-bond acceptors (Lipinski definition) is 3.